The molecule has 8 nitrogen and oxygen atoms in total. The van der Waals surface area contributed by atoms with Gasteiger partial charge in [0, 0.05) is 0 Å². The van der Waals surface area contributed by atoms with Crippen molar-refractivity contribution < 1.29 is 34.3 Å². The third-order valence-electron chi connectivity index (χ3n) is 20.8. The minimum Gasteiger partial charge on any atom is -0.726 e. The van der Waals surface area contributed by atoms with Crippen molar-refractivity contribution >= 4 is 58.5 Å². The van der Waals surface area contributed by atoms with Gasteiger partial charge >= 0.3 is 37.7 Å². The summed E-state index contributed by atoms with van der Waals surface area (Å²) in [5, 5.41) is 0. The molecule has 0 aliphatic heterocycles. The molecule has 2 atom stereocenters. The van der Waals surface area contributed by atoms with E-state index in [1.165, 1.54) is 437 Å². The Labute approximate surface area is 628 Å². The number of unbranched alkanes of at least 4 members (excludes halogenated alkanes) is 68. The predicted octanol–water partition coefficient (Wildman–Crippen LogP) is 29.5. The summed E-state index contributed by atoms with van der Waals surface area (Å²) in [6, 6.07) is 0. The van der Waals surface area contributed by atoms with Crippen molar-refractivity contribution in [2.24, 2.45) is 11.8 Å². The van der Waals surface area contributed by atoms with Gasteiger partial charge in [-0.2, -0.15) is 0 Å². The smallest absolute Gasteiger partial charge is 0.726 e. The standard InChI is InChI=1S/2C42H86O4S.Ca/c2*1-3-5-7-9-11-13-15-17-19-21-22-23-24-26-28-30-32-34-36-38-40-42(41-46-47(43,44)45)39-37-35-33-31-29-27-25-20-18-16-14-12-10-8-6-4-2;/h2*42H,3-41H2,1-2H3,(H,43,44,45);/q;;+2/p-2. The first-order chi connectivity index (χ1) is 46.0. The fraction of sp³-hybridized carbons (Fsp3) is 1.00. The van der Waals surface area contributed by atoms with Gasteiger partial charge in [0.15, 0.2) is 0 Å². The van der Waals surface area contributed by atoms with E-state index in [1.807, 2.05) is 0 Å². The summed E-state index contributed by atoms with van der Waals surface area (Å²) in [6.45, 7) is 9.29. The molecular weight excluding hydrogens is 1240 g/mol. The van der Waals surface area contributed by atoms with E-state index in [0.29, 0.717) is 0 Å². The van der Waals surface area contributed by atoms with Gasteiger partial charge in [-0.15, -0.1) is 0 Å². The monoisotopic (exact) mass is 1410 g/mol. The van der Waals surface area contributed by atoms with E-state index in [-0.39, 0.29) is 62.8 Å². The van der Waals surface area contributed by atoms with Gasteiger partial charge in [0.2, 0.25) is 20.8 Å². The molecule has 0 amide bonds. The average Bonchev–Trinajstić information content (AvgIpc) is 3.20. The molecule has 568 valence electrons. The van der Waals surface area contributed by atoms with Crippen molar-refractivity contribution in [3.63, 3.8) is 0 Å². The summed E-state index contributed by atoms with van der Waals surface area (Å²) in [5.74, 6) is 0.391. The van der Waals surface area contributed by atoms with Crippen LogP contribution in [-0.2, 0) is 29.2 Å². The quantitative estimate of drug-likeness (QED) is 0.0254. The second kappa shape index (κ2) is 85.6. The Kier molecular flexibility index (Phi) is 90.3. The van der Waals surface area contributed by atoms with E-state index in [0.717, 1.165) is 51.4 Å². The second-order valence-electron chi connectivity index (χ2n) is 30.3. The van der Waals surface area contributed by atoms with Crippen molar-refractivity contribution in [2.45, 2.75) is 516 Å². The molecule has 0 aliphatic carbocycles. The Balaban J connectivity index is -0.00000176. The van der Waals surface area contributed by atoms with Crippen LogP contribution >= 0.6 is 0 Å². The van der Waals surface area contributed by atoms with Gasteiger partial charge in [-0.3, -0.25) is 8.37 Å². The molecule has 0 saturated heterocycles. The molecule has 0 heterocycles. The molecule has 0 N–H and O–H groups in total. The molecule has 0 aromatic carbocycles. The summed E-state index contributed by atoms with van der Waals surface area (Å²) in [6.07, 6.45) is 102. The molecule has 0 spiro atoms. The van der Waals surface area contributed by atoms with Crippen LogP contribution in [0.5, 0.6) is 0 Å². The topological polar surface area (TPSA) is 133 Å². The average molecular weight is 1410 g/mol. The van der Waals surface area contributed by atoms with Crippen LogP contribution in [0.25, 0.3) is 0 Å². The third-order valence-corrected chi connectivity index (χ3v) is 21.6. The van der Waals surface area contributed by atoms with Crippen molar-refractivity contribution in [3.05, 3.63) is 0 Å². The van der Waals surface area contributed by atoms with Gasteiger partial charge in [-0.25, -0.2) is 16.8 Å². The maximum atomic E-state index is 11.0. The summed E-state index contributed by atoms with van der Waals surface area (Å²) in [4.78, 5) is 0. The molecule has 0 aliphatic rings. The first kappa shape index (κ1) is 100. The number of hydrogen-bond donors (Lipinski definition) is 0. The number of hydrogen-bond acceptors (Lipinski definition) is 8. The maximum Gasteiger partial charge on any atom is 2.00 e. The number of rotatable bonds is 82. The first-order valence-corrected chi connectivity index (χ1v) is 45.9. The van der Waals surface area contributed by atoms with Gasteiger partial charge in [-0.1, -0.05) is 490 Å². The van der Waals surface area contributed by atoms with Crippen LogP contribution in [0.1, 0.15) is 516 Å². The van der Waals surface area contributed by atoms with Crippen molar-refractivity contribution in [3.8, 4) is 0 Å². The van der Waals surface area contributed by atoms with E-state index in [4.69, 9.17) is 0 Å². The first-order valence-electron chi connectivity index (χ1n) is 43.2. The van der Waals surface area contributed by atoms with Gasteiger partial charge < -0.3 is 9.11 Å². The van der Waals surface area contributed by atoms with Gasteiger partial charge in [0.1, 0.15) is 0 Å². The van der Waals surface area contributed by atoms with Crippen LogP contribution < -0.4 is 0 Å². The van der Waals surface area contributed by atoms with Gasteiger partial charge in [0.25, 0.3) is 0 Å². The van der Waals surface area contributed by atoms with Crippen LogP contribution in [0.2, 0.25) is 0 Å². The minimum absolute atomic E-state index is 0. The predicted molar refractivity (Wildman–Crippen MR) is 418 cm³/mol. The summed E-state index contributed by atoms with van der Waals surface area (Å²) in [7, 11) is -9.19. The van der Waals surface area contributed by atoms with E-state index >= 15 is 0 Å². The Morgan fingerprint density at radius 2 is 0.284 bits per heavy atom. The van der Waals surface area contributed by atoms with Crippen LogP contribution in [0, 0.1) is 11.8 Å². The summed E-state index contributed by atoms with van der Waals surface area (Å²) in [5.41, 5.74) is 0. The largest absolute Gasteiger partial charge is 2.00 e. The molecule has 0 saturated carbocycles. The van der Waals surface area contributed by atoms with Crippen LogP contribution in [0.15, 0.2) is 0 Å². The molecule has 95 heavy (non-hydrogen) atoms. The zero-order valence-corrected chi connectivity index (χ0v) is 68.9. The zero-order chi connectivity index (χ0) is 68.7. The van der Waals surface area contributed by atoms with E-state index in [2.05, 4.69) is 36.1 Å². The normalized spacial score (nSPS) is 12.5. The van der Waals surface area contributed by atoms with Crippen LogP contribution in [0.3, 0.4) is 0 Å². The van der Waals surface area contributed by atoms with Gasteiger partial charge in [0.05, 0.1) is 13.2 Å². The van der Waals surface area contributed by atoms with Crippen LogP contribution in [0.4, 0.5) is 0 Å². The fourth-order valence-corrected chi connectivity index (χ4v) is 15.0. The van der Waals surface area contributed by atoms with Crippen LogP contribution in [-0.4, -0.2) is 76.9 Å². The van der Waals surface area contributed by atoms with Crippen molar-refractivity contribution in [2.75, 3.05) is 13.2 Å². The molecule has 0 aromatic rings. The molecule has 0 radical (unpaired) electrons. The Morgan fingerprint density at radius 3 is 0.379 bits per heavy atom. The molecule has 0 aromatic heterocycles. The van der Waals surface area contributed by atoms with E-state index in [1.54, 1.807) is 0 Å². The Morgan fingerprint density at radius 1 is 0.189 bits per heavy atom. The fourth-order valence-electron chi connectivity index (χ4n) is 14.3. The molecular formula is C84H170CaO8S2. The molecule has 2 unspecified atom stereocenters. The molecule has 11 heteroatoms. The maximum absolute atomic E-state index is 11.0. The van der Waals surface area contributed by atoms with E-state index in [9.17, 15) is 25.9 Å². The SMILES string of the molecule is CCCCCCCCCCCCCCCCCCCCCCC(CCCCCCCCCCCCCCCCCC)COS(=O)(=O)[O-].CCCCCCCCCCCCCCCCCCCCCCC(CCCCCCCCCCCCCCCCCC)COS(=O)(=O)[O-].[Ca+2]. The summed E-state index contributed by atoms with van der Waals surface area (Å²) < 4.78 is 75.6. The minimum atomic E-state index is -4.59. The Hall–Kier alpha value is 1.000. The van der Waals surface area contributed by atoms with Crippen molar-refractivity contribution in [1.29, 1.82) is 0 Å². The molecule has 0 bridgehead atoms. The zero-order valence-electron chi connectivity index (χ0n) is 65.1. The van der Waals surface area contributed by atoms with Gasteiger partial charge in [-0.05, 0) is 37.5 Å². The summed E-state index contributed by atoms with van der Waals surface area (Å²) >= 11 is 0. The second-order valence-corrected chi connectivity index (χ2v) is 32.4. The Bertz CT molecular complexity index is 1480. The molecule has 0 fully saturated rings. The van der Waals surface area contributed by atoms with Crippen molar-refractivity contribution in [1.82, 2.24) is 0 Å². The molecule has 0 rings (SSSR count). The van der Waals surface area contributed by atoms with E-state index < -0.39 is 20.8 Å². The third kappa shape index (κ3) is 95.0.